The summed E-state index contributed by atoms with van der Waals surface area (Å²) in [4.78, 5) is 9.33. The van der Waals surface area contributed by atoms with Crippen molar-refractivity contribution < 1.29 is 9.47 Å². The molecular weight excluding hydrogens is 388 g/mol. The molecule has 0 aromatic heterocycles. The first-order chi connectivity index (χ1) is 15.0. The Morgan fingerprint density at radius 1 is 1.29 bits per heavy atom. The van der Waals surface area contributed by atoms with Crippen LogP contribution in [0.1, 0.15) is 45.1 Å². The van der Waals surface area contributed by atoms with E-state index < -0.39 is 0 Å². The molecule has 174 valence electrons. The van der Waals surface area contributed by atoms with Gasteiger partial charge in [-0.25, -0.2) is 0 Å². The van der Waals surface area contributed by atoms with Gasteiger partial charge in [0, 0.05) is 52.5 Å². The average Bonchev–Trinajstić information content (AvgIpc) is 3.22. The van der Waals surface area contributed by atoms with E-state index in [9.17, 15) is 0 Å². The molecule has 2 aliphatic heterocycles. The lowest BCUT2D eigenvalue weighted by molar-refractivity contribution is 0.0392. The van der Waals surface area contributed by atoms with Crippen LogP contribution in [-0.4, -0.2) is 75.4 Å². The fourth-order valence-corrected chi connectivity index (χ4v) is 4.76. The van der Waals surface area contributed by atoms with Gasteiger partial charge in [0.2, 0.25) is 0 Å². The van der Waals surface area contributed by atoms with Gasteiger partial charge in [-0.05, 0) is 62.3 Å². The third-order valence-electron chi connectivity index (χ3n) is 6.48. The van der Waals surface area contributed by atoms with Crippen molar-refractivity contribution in [3.8, 4) is 5.75 Å². The summed E-state index contributed by atoms with van der Waals surface area (Å²) in [5, 5.41) is 3.55. The molecule has 2 saturated heterocycles. The quantitative estimate of drug-likeness (QED) is 0.479. The van der Waals surface area contributed by atoms with Crippen LogP contribution in [0.15, 0.2) is 29.3 Å². The summed E-state index contributed by atoms with van der Waals surface area (Å²) >= 11 is 0. The van der Waals surface area contributed by atoms with Crippen LogP contribution in [0, 0.1) is 11.8 Å². The molecule has 1 aromatic carbocycles. The maximum atomic E-state index is 6.05. The number of nitrogens with zero attached hydrogens (tertiary/aromatic N) is 3. The molecule has 2 fully saturated rings. The largest absolute Gasteiger partial charge is 0.492 e. The van der Waals surface area contributed by atoms with Crippen LogP contribution in [0.3, 0.4) is 0 Å². The smallest absolute Gasteiger partial charge is 0.193 e. The second-order valence-electron chi connectivity index (χ2n) is 9.45. The molecule has 1 unspecified atom stereocenters. The topological polar surface area (TPSA) is 49.3 Å². The SMILES string of the molecule is CN=C(NCc1cccc(OCCN(C)C2CCOCC2)c1)N1CCC(CC(C)C)C1. The van der Waals surface area contributed by atoms with Gasteiger partial charge in [-0.2, -0.15) is 0 Å². The lowest BCUT2D eigenvalue weighted by atomic mass is 9.97. The fourth-order valence-electron chi connectivity index (χ4n) is 4.76. The van der Waals surface area contributed by atoms with E-state index in [1.165, 1.54) is 18.4 Å². The Labute approximate surface area is 189 Å². The number of hydrogen-bond acceptors (Lipinski definition) is 4. The zero-order valence-electron chi connectivity index (χ0n) is 20.0. The third kappa shape index (κ3) is 7.69. The van der Waals surface area contributed by atoms with E-state index in [0.717, 1.165) is 75.8 Å². The van der Waals surface area contributed by atoms with E-state index in [4.69, 9.17) is 9.47 Å². The second-order valence-corrected chi connectivity index (χ2v) is 9.45. The second kappa shape index (κ2) is 12.3. The number of hydrogen-bond donors (Lipinski definition) is 1. The molecule has 2 heterocycles. The zero-order valence-corrected chi connectivity index (χ0v) is 20.0. The van der Waals surface area contributed by atoms with Crippen molar-refractivity contribution in [3.05, 3.63) is 29.8 Å². The van der Waals surface area contributed by atoms with Crippen molar-refractivity contribution in [2.45, 2.75) is 52.1 Å². The number of likely N-dealkylation sites (tertiary alicyclic amines) is 1. The first-order valence-corrected chi connectivity index (χ1v) is 12.0. The monoisotopic (exact) mass is 430 g/mol. The number of nitrogens with one attached hydrogen (secondary N) is 1. The predicted octanol–water partition coefficient (Wildman–Crippen LogP) is 3.62. The molecule has 0 bridgehead atoms. The first-order valence-electron chi connectivity index (χ1n) is 12.0. The fraction of sp³-hybridized carbons (Fsp3) is 0.720. The van der Waals surface area contributed by atoms with E-state index in [2.05, 4.69) is 59.2 Å². The lowest BCUT2D eigenvalue weighted by Gasteiger charge is -2.31. The molecule has 6 nitrogen and oxygen atoms in total. The Hall–Kier alpha value is -1.79. The standard InChI is InChI=1S/C25H42N4O2/c1-20(2)16-22-8-11-29(19-22)25(26-3)27-18-21-6-5-7-24(17-21)31-15-12-28(4)23-9-13-30-14-10-23/h5-7,17,20,22-23H,8-16,18-19H2,1-4H3,(H,26,27). The van der Waals surface area contributed by atoms with Crippen molar-refractivity contribution in [2.75, 3.05) is 53.6 Å². The van der Waals surface area contributed by atoms with Crippen LogP contribution < -0.4 is 10.1 Å². The molecule has 1 atom stereocenters. The minimum atomic E-state index is 0.616. The maximum Gasteiger partial charge on any atom is 0.193 e. The third-order valence-corrected chi connectivity index (χ3v) is 6.48. The molecule has 1 N–H and O–H groups in total. The molecule has 1 aromatic rings. The van der Waals surface area contributed by atoms with Crippen LogP contribution in [0.25, 0.3) is 0 Å². The maximum absolute atomic E-state index is 6.05. The van der Waals surface area contributed by atoms with E-state index >= 15 is 0 Å². The lowest BCUT2D eigenvalue weighted by Crippen LogP contribution is -2.39. The summed E-state index contributed by atoms with van der Waals surface area (Å²) in [5.41, 5.74) is 1.22. The minimum Gasteiger partial charge on any atom is -0.492 e. The van der Waals surface area contributed by atoms with Gasteiger partial charge in [0.1, 0.15) is 12.4 Å². The average molecular weight is 431 g/mol. The molecular formula is C25H42N4O2. The van der Waals surface area contributed by atoms with Crippen LogP contribution in [0.5, 0.6) is 5.75 Å². The van der Waals surface area contributed by atoms with Crippen molar-refractivity contribution in [2.24, 2.45) is 16.8 Å². The highest BCUT2D eigenvalue weighted by Gasteiger charge is 2.25. The molecule has 0 saturated carbocycles. The number of aliphatic imine (C=N–C) groups is 1. The van der Waals surface area contributed by atoms with Gasteiger partial charge >= 0.3 is 0 Å². The molecule has 3 rings (SSSR count). The van der Waals surface area contributed by atoms with Crippen LogP contribution in [0.4, 0.5) is 0 Å². The van der Waals surface area contributed by atoms with Crippen LogP contribution in [0.2, 0.25) is 0 Å². The van der Waals surface area contributed by atoms with Gasteiger partial charge in [-0.3, -0.25) is 9.89 Å². The van der Waals surface area contributed by atoms with Gasteiger partial charge < -0.3 is 19.7 Å². The van der Waals surface area contributed by atoms with Crippen LogP contribution >= 0.6 is 0 Å². The van der Waals surface area contributed by atoms with E-state index in [1.807, 2.05) is 13.1 Å². The summed E-state index contributed by atoms with van der Waals surface area (Å²) in [6.07, 6.45) is 4.81. The zero-order chi connectivity index (χ0) is 22.1. The Balaban J connectivity index is 1.42. The molecule has 31 heavy (non-hydrogen) atoms. The van der Waals surface area contributed by atoms with Gasteiger partial charge in [-0.1, -0.05) is 26.0 Å². The molecule has 2 aliphatic rings. The van der Waals surface area contributed by atoms with Crippen molar-refractivity contribution in [1.82, 2.24) is 15.1 Å². The summed E-state index contributed by atoms with van der Waals surface area (Å²) < 4.78 is 11.5. The number of likely N-dealkylation sites (N-methyl/N-ethyl adjacent to an activating group) is 1. The number of rotatable bonds is 9. The summed E-state index contributed by atoms with van der Waals surface area (Å²) in [7, 11) is 4.07. The van der Waals surface area contributed by atoms with Gasteiger partial charge in [0.05, 0.1) is 0 Å². The Kier molecular flexibility index (Phi) is 9.47. The molecule has 0 spiro atoms. The Morgan fingerprint density at radius 3 is 2.84 bits per heavy atom. The highest BCUT2D eigenvalue weighted by Crippen LogP contribution is 2.23. The number of guanidine groups is 1. The highest BCUT2D eigenvalue weighted by atomic mass is 16.5. The van der Waals surface area contributed by atoms with Crippen molar-refractivity contribution in [3.63, 3.8) is 0 Å². The predicted molar refractivity (Wildman–Crippen MR) is 128 cm³/mol. The number of benzene rings is 1. The van der Waals surface area contributed by atoms with E-state index in [1.54, 1.807) is 0 Å². The normalized spacial score (nSPS) is 20.6. The van der Waals surface area contributed by atoms with Crippen molar-refractivity contribution >= 4 is 5.96 Å². The van der Waals surface area contributed by atoms with Gasteiger partial charge in [-0.15, -0.1) is 0 Å². The molecule has 0 radical (unpaired) electrons. The van der Waals surface area contributed by atoms with E-state index in [0.29, 0.717) is 12.6 Å². The summed E-state index contributed by atoms with van der Waals surface area (Å²) in [6, 6.07) is 9.02. The molecule has 6 heteroatoms. The number of ether oxygens (including phenoxy) is 2. The Bertz CT molecular complexity index is 688. The highest BCUT2D eigenvalue weighted by molar-refractivity contribution is 5.80. The first kappa shape index (κ1) is 23.9. The minimum absolute atomic E-state index is 0.616. The molecule has 0 amide bonds. The summed E-state index contributed by atoms with van der Waals surface area (Å²) in [6.45, 7) is 11.0. The van der Waals surface area contributed by atoms with Crippen LogP contribution in [-0.2, 0) is 11.3 Å². The summed E-state index contributed by atoms with van der Waals surface area (Å²) in [5.74, 6) is 3.50. The van der Waals surface area contributed by atoms with Gasteiger partial charge in [0.15, 0.2) is 5.96 Å². The Morgan fingerprint density at radius 2 is 2.10 bits per heavy atom. The molecule has 0 aliphatic carbocycles. The van der Waals surface area contributed by atoms with E-state index in [-0.39, 0.29) is 0 Å². The van der Waals surface area contributed by atoms with Crippen molar-refractivity contribution in [1.29, 1.82) is 0 Å². The van der Waals surface area contributed by atoms with Gasteiger partial charge in [0.25, 0.3) is 0 Å².